The zero-order valence-corrected chi connectivity index (χ0v) is 16.7. The van der Waals surface area contributed by atoms with E-state index in [2.05, 4.69) is 20.6 Å². The minimum absolute atomic E-state index is 0.299. The minimum atomic E-state index is -0.302. The molecule has 0 radical (unpaired) electrons. The zero-order chi connectivity index (χ0) is 20.5. The van der Waals surface area contributed by atoms with Gasteiger partial charge in [0.2, 0.25) is 0 Å². The van der Waals surface area contributed by atoms with E-state index in [9.17, 15) is 4.79 Å². The lowest BCUT2D eigenvalue weighted by Gasteiger charge is -2.12. The average Bonchev–Trinajstić information content (AvgIpc) is 3.34. The molecule has 4 aromatic rings. The lowest BCUT2D eigenvalue weighted by molar-refractivity contribution is 0.102. The van der Waals surface area contributed by atoms with Crippen LogP contribution in [0.5, 0.6) is 5.75 Å². The Morgan fingerprint density at radius 2 is 2.03 bits per heavy atom. The summed E-state index contributed by atoms with van der Waals surface area (Å²) in [6, 6.07) is 9.17. The van der Waals surface area contributed by atoms with Gasteiger partial charge in [-0.25, -0.2) is 4.98 Å². The first-order chi connectivity index (χ1) is 14.0. The first-order valence-corrected chi connectivity index (χ1v) is 9.27. The van der Waals surface area contributed by atoms with E-state index < -0.39 is 0 Å². The number of carbonyl (C=O) groups is 1. The Morgan fingerprint density at radius 1 is 1.21 bits per heavy atom. The second-order valence-corrected chi connectivity index (χ2v) is 6.72. The van der Waals surface area contributed by atoms with Crippen molar-refractivity contribution in [2.45, 2.75) is 27.3 Å². The Kier molecular flexibility index (Phi) is 4.75. The standard InChI is InChI=1S/C21H21N5O3/c1-5-26-9-8-15(24-26)16-11-14(19-13(3)25-29-21(19)23-16)20(27)22-17-10-12(2)6-7-18(17)28-4/h6-11H,5H2,1-4H3,(H,22,27). The molecule has 148 valence electrons. The van der Waals surface area contributed by atoms with Gasteiger partial charge in [0.05, 0.1) is 35.1 Å². The number of pyridine rings is 1. The zero-order valence-electron chi connectivity index (χ0n) is 16.7. The van der Waals surface area contributed by atoms with Crippen LogP contribution in [0.3, 0.4) is 0 Å². The summed E-state index contributed by atoms with van der Waals surface area (Å²) < 4.78 is 12.5. The molecule has 0 unspecified atom stereocenters. The van der Waals surface area contributed by atoms with Gasteiger partial charge in [0, 0.05) is 12.7 Å². The van der Waals surface area contributed by atoms with Crippen LogP contribution in [0.25, 0.3) is 22.5 Å². The number of nitrogens with zero attached hydrogens (tertiary/aromatic N) is 4. The molecule has 1 aromatic carbocycles. The molecule has 0 spiro atoms. The molecule has 4 rings (SSSR count). The lowest BCUT2D eigenvalue weighted by Crippen LogP contribution is -2.14. The normalized spacial score (nSPS) is 11.0. The van der Waals surface area contributed by atoms with Crippen molar-refractivity contribution in [1.29, 1.82) is 0 Å². The van der Waals surface area contributed by atoms with Crippen molar-refractivity contribution in [3.05, 3.63) is 53.3 Å². The molecule has 29 heavy (non-hydrogen) atoms. The van der Waals surface area contributed by atoms with Gasteiger partial charge in [-0.3, -0.25) is 9.48 Å². The van der Waals surface area contributed by atoms with E-state index in [1.165, 1.54) is 0 Å². The summed E-state index contributed by atoms with van der Waals surface area (Å²) in [7, 11) is 1.57. The van der Waals surface area contributed by atoms with E-state index >= 15 is 0 Å². The van der Waals surface area contributed by atoms with E-state index in [-0.39, 0.29) is 5.91 Å². The topological polar surface area (TPSA) is 95.1 Å². The number of carbonyl (C=O) groups excluding carboxylic acids is 1. The SMILES string of the molecule is CCn1ccc(-c2cc(C(=O)Nc3cc(C)ccc3OC)c3c(C)noc3n2)n1. The Morgan fingerprint density at radius 3 is 2.76 bits per heavy atom. The fourth-order valence-corrected chi connectivity index (χ4v) is 3.19. The maximum absolute atomic E-state index is 13.2. The summed E-state index contributed by atoms with van der Waals surface area (Å²) in [6.07, 6.45) is 1.87. The third-order valence-corrected chi connectivity index (χ3v) is 4.69. The van der Waals surface area contributed by atoms with Gasteiger partial charge in [-0.15, -0.1) is 0 Å². The molecule has 0 saturated heterocycles. The van der Waals surface area contributed by atoms with Gasteiger partial charge in [0.15, 0.2) is 0 Å². The summed E-state index contributed by atoms with van der Waals surface area (Å²) in [5.41, 5.74) is 4.11. The van der Waals surface area contributed by atoms with Crippen LogP contribution < -0.4 is 10.1 Å². The Balaban J connectivity index is 1.80. The number of methoxy groups -OCH3 is 1. The van der Waals surface area contributed by atoms with Crippen LogP contribution in [0.1, 0.15) is 28.5 Å². The first kappa shape index (κ1) is 18.7. The molecule has 0 aliphatic heterocycles. The molecule has 3 aromatic heterocycles. The monoisotopic (exact) mass is 391 g/mol. The molecule has 8 heteroatoms. The van der Waals surface area contributed by atoms with Crippen LogP contribution in [0.4, 0.5) is 5.69 Å². The van der Waals surface area contributed by atoms with Crippen LogP contribution in [0, 0.1) is 13.8 Å². The van der Waals surface area contributed by atoms with Gasteiger partial charge in [-0.05, 0) is 50.6 Å². The number of aromatic nitrogens is 4. The number of amides is 1. The molecule has 3 heterocycles. The van der Waals surface area contributed by atoms with E-state index in [1.807, 2.05) is 44.3 Å². The molecule has 1 N–H and O–H groups in total. The molecule has 8 nitrogen and oxygen atoms in total. The van der Waals surface area contributed by atoms with Crippen molar-refractivity contribution >= 4 is 22.7 Å². The number of anilines is 1. The number of nitrogens with one attached hydrogen (secondary N) is 1. The highest BCUT2D eigenvalue weighted by atomic mass is 16.5. The van der Waals surface area contributed by atoms with Crippen molar-refractivity contribution in [3.8, 4) is 17.1 Å². The predicted octanol–water partition coefficient (Wildman–Crippen LogP) is 3.98. The Labute approximate surface area is 167 Å². The number of fused-ring (bicyclic) bond motifs is 1. The van der Waals surface area contributed by atoms with Crippen LogP contribution in [-0.4, -0.2) is 32.9 Å². The van der Waals surface area contributed by atoms with Crippen molar-refractivity contribution in [2.24, 2.45) is 0 Å². The molecule has 0 fully saturated rings. The van der Waals surface area contributed by atoms with Gasteiger partial charge < -0.3 is 14.6 Å². The van der Waals surface area contributed by atoms with Gasteiger partial charge in [-0.2, -0.15) is 5.10 Å². The summed E-state index contributed by atoms with van der Waals surface area (Å²) in [5.74, 6) is 0.280. The van der Waals surface area contributed by atoms with Crippen LogP contribution >= 0.6 is 0 Å². The fourth-order valence-electron chi connectivity index (χ4n) is 3.19. The van der Waals surface area contributed by atoms with Crippen molar-refractivity contribution in [2.75, 3.05) is 12.4 Å². The minimum Gasteiger partial charge on any atom is -0.495 e. The quantitative estimate of drug-likeness (QED) is 0.553. The maximum atomic E-state index is 13.2. The molecule has 0 aliphatic carbocycles. The van der Waals surface area contributed by atoms with Gasteiger partial charge >= 0.3 is 0 Å². The number of aryl methyl sites for hydroxylation is 3. The smallest absolute Gasteiger partial charge is 0.259 e. The fraction of sp³-hybridized carbons (Fsp3) is 0.238. The van der Waals surface area contributed by atoms with Crippen molar-refractivity contribution in [3.63, 3.8) is 0 Å². The Hall–Kier alpha value is -3.68. The second-order valence-electron chi connectivity index (χ2n) is 6.72. The highest BCUT2D eigenvalue weighted by Gasteiger charge is 2.21. The van der Waals surface area contributed by atoms with E-state index in [0.717, 1.165) is 12.1 Å². The van der Waals surface area contributed by atoms with Gasteiger partial charge in [0.1, 0.15) is 11.4 Å². The molecule has 1 amide bonds. The van der Waals surface area contributed by atoms with Crippen LogP contribution in [0.15, 0.2) is 41.1 Å². The summed E-state index contributed by atoms with van der Waals surface area (Å²) >= 11 is 0. The number of ether oxygens (including phenoxy) is 1. The molecular formula is C21H21N5O3. The van der Waals surface area contributed by atoms with E-state index in [1.54, 1.807) is 24.8 Å². The van der Waals surface area contributed by atoms with Crippen LogP contribution in [0.2, 0.25) is 0 Å². The number of hydrogen-bond donors (Lipinski definition) is 1. The number of hydrogen-bond acceptors (Lipinski definition) is 6. The van der Waals surface area contributed by atoms with Gasteiger partial charge in [-0.1, -0.05) is 11.2 Å². The third-order valence-electron chi connectivity index (χ3n) is 4.69. The van der Waals surface area contributed by atoms with E-state index in [4.69, 9.17) is 9.26 Å². The first-order valence-electron chi connectivity index (χ1n) is 9.27. The van der Waals surface area contributed by atoms with E-state index in [0.29, 0.717) is 45.2 Å². The molecular weight excluding hydrogens is 370 g/mol. The van der Waals surface area contributed by atoms with Gasteiger partial charge in [0.25, 0.3) is 11.6 Å². The number of rotatable bonds is 5. The molecule has 0 aliphatic rings. The predicted molar refractivity (Wildman–Crippen MR) is 109 cm³/mol. The average molecular weight is 391 g/mol. The summed E-state index contributed by atoms with van der Waals surface area (Å²) in [6.45, 7) is 6.47. The number of benzene rings is 1. The maximum Gasteiger partial charge on any atom is 0.259 e. The molecule has 0 saturated carbocycles. The second kappa shape index (κ2) is 7.38. The van der Waals surface area contributed by atoms with Crippen molar-refractivity contribution < 1.29 is 14.1 Å². The van der Waals surface area contributed by atoms with Crippen LogP contribution in [-0.2, 0) is 6.54 Å². The molecule has 0 atom stereocenters. The summed E-state index contributed by atoms with van der Waals surface area (Å²) in [4.78, 5) is 17.7. The summed E-state index contributed by atoms with van der Waals surface area (Å²) in [5, 5.41) is 12.0. The largest absolute Gasteiger partial charge is 0.495 e. The third kappa shape index (κ3) is 3.44. The highest BCUT2D eigenvalue weighted by molar-refractivity contribution is 6.13. The van der Waals surface area contributed by atoms with Crippen molar-refractivity contribution in [1.82, 2.24) is 19.9 Å². The highest BCUT2D eigenvalue weighted by Crippen LogP contribution is 2.29. The lowest BCUT2D eigenvalue weighted by atomic mass is 10.1. The Bertz CT molecular complexity index is 1210. The molecule has 0 bridgehead atoms.